The fraction of sp³-hybridized carbons (Fsp3) is 0.111. The van der Waals surface area contributed by atoms with Gasteiger partial charge in [-0.1, -0.05) is 11.3 Å². The molecule has 0 spiro atoms. The van der Waals surface area contributed by atoms with E-state index < -0.39 is 0 Å². The van der Waals surface area contributed by atoms with Crippen molar-refractivity contribution in [1.29, 1.82) is 5.26 Å². The molecule has 0 radical (unpaired) electrons. The number of hydrogen-bond donors (Lipinski definition) is 0. The Kier molecular flexibility index (Phi) is 1.67. The topological polar surface area (TPSA) is 45.8 Å². The van der Waals surface area contributed by atoms with Crippen LogP contribution in [0.4, 0.5) is 0 Å². The Balaban J connectivity index is 2.90. The van der Waals surface area contributed by atoms with Crippen LogP contribution in [0.3, 0.4) is 0 Å². The number of thiazole rings is 1. The summed E-state index contributed by atoms with van der Waals surface area (Å²) < 4.78 is 2.45. The summed E-state index contributed by atoms with van der Waals surface area (Å²) in [7, 11) is 1.73. The van der Waals surface area contributed by atoms with Gasteiger partial charge in [-0.25, -0.2) is 0 Å². The average Bonchev–Trinajstić information content (AvgIpc) is 2.42. The van der Waals surface area contributed by atoms with Crippen molar-refractivity contribution < 1.29 is 0 Å². The Morgan fingerprint density at radius 2 is 2.31 bits per heavy atom. The maximum absolute atomic E-state index is 11.2. The van der Waals surface area contributed by atoms with Crippen LogP contribution in [0.5, 0.6) is 0 Å². The molecule has 2 aromatic rings. The third-order valence-corrected chi connectivity index (χ3v) is 2.92. The van der Waals surface area contributed by atoms with Crippen molar-refractivity contribution in [3.05, 3.63) is 33.4 Å². The number of benzene rings is 1. The largest absolute Gasteiger partial charge is 0.307 e. The molecule has 64 valence electrons. The van der Waals surface area contributed by atoms with Gasteiger partial charge in [0, 0.05) is 7.05 Å². The first-order chi connectivity index (χ1) is 6.22. The summed E-state index contributed by atoms with van der Waals surface area (Å²) in [5.41, 5.74) is 1.48. The lowest BCUT2D eigenvalue weighted by Gasteiger charge is -1.92. The fourth-order valence-electron chi connectivity index (χ4n) is 1.20. The highest BCUT2D eigenvalue weighted by Gasteiger charge is 2.03. The Labute approximate surface area is 78.5 Å². The predicted octanol–water partition coefficient (Wildman–Crippen LogP) is 1.47. The van der Waals surface area contributed by atoms with E-state index in [4.69, 9.17) is 5.26 Å². The second kappa shape index (κ2) is 2.71. The molecule has 0 aliphatic carbocycles. The van der Waals surface area contributed by atoms with Crippen molar-refractivity contribution in [2.24, 2.45) is 7.05 Å². The SMILES string of the molecule is Cn1c(=O)sc2cc(C#N)ccc21. The lowest BCUT2D eigenvalue weighted by molar-refractivity contribution is 0.938. The van der Waals surface area contributed by atoms with Gasteiger partial charge in [0.2, 0.25) is 0 Å². The van der Waals surface area contributed by atoms with E-state index in [1.165, 1.54) is 0 Å². The summed E-state index contributed by atoms with van der Waals surface area (Å²) in [6.07, 6.45) is 0. The van der Waals surface area contributed by atoms with Crippen LogP contribution in [0, 0.1) is 11.3 Å². The molecule has 0 aliphatic heterocycles. The molecule has 4 heteroatoms. The van der Waals surface area contributed by atoms with E-state index in [0.717, 1.165) is 21.6 Å². The first-order valence-electron chi connectivity index (χ1n) is 3.72. The normalized spacial score (nSPS) is 10.2. The lowest BCUT2D eigenvalue weighted by atomic mass is 10.2. The predicted molar refractivity (Wildman–Crippen MR) is 51.8 cm³/mol. The van der Waals surface area contributed by atoms with Crippen molar-refractivity contribution in [3.63, 3.8) is 0 Å². The van der Waals surface area contributed by atoms with Gasteiger partial charge in [0.05, 0.1) is 21.8 Å². The summed E-state index contributed by atoms with van der Waals surface area (Å²) in [6.45, 7) is 0. The fourth-order valence-corrected chi connectivity index (χ4v) is 2.12. The molecular formula is C9H6N2OS. The summed E-state index contributed by atoms with van der Waals surface area (Å²) >= 11 is 1.16. The summed E-state index contributed by atoms with van der Waals surface area (Å²) in [4.78, 5) is 11.2. The molecule has 13 heavy (non-hydrogen) atoms. The minimum atomic E-state index is 0.00471. The van der Waals surface area contributed by atoms with E-state index in [1.807, 2.05) is 6.07 Å². The molecule has 0 amide bonds. The second-order valence-corrected chi connectivity index (χ2v) is 3.71. The van der Waals surface area contributed by atoms with Gasteiger partial charge in [0.15, 0.2) is 0 Å². The zero-order valence-corrected chi connectivity index (χ0v) is 7.76. The van der Waals surface area contributed by atoms with Crippen molar-refractivity contribution in [2.75, 3.05) is 0 Å². The molecule has 1 heterocycles. The molecule has 0 saturated carbocycles. The van der Waals surface area contributed by atoms with Crippen LogP contribution in [0.15, 0.2) is 23.0 Å². The van der Waals surface area contributed by atoms with Gasteiger partial charge in [-0.15, -0.1) is 0 Å². The molecule has 2 rings (SSSR count). The number of aryl methyl sites for hydroxylation is 1. The van der Waals surface area contributed by atoms with Crippen molar-refractivity contribution in [1.82, 2.24) is 4.57 Å². The number of rotatable bonds is 0. The highest BCUT2D eigenvalue weighted by atomic mass is 32.1. The summed E-state index contributed by atoms with van der Waals surface area (Å²) in [5, 5.41) is 8.64. The molecule has 1 aromatic carbocycles. The van der Waals surface area contributed by atoms with E-state index in [9.17, 15) is 4.79 Å². The van der Waals surface area contributed by atoms with Crippen LogP contribution < -0.4 is 4.87 Å². The van der Waals surface area contributed by atoms with Crippen LogP contribution in [0.1, 0.15) is 5.56 Å². The zero-order chi connectivity index (χ0) is 9.42. The van der Waals surface area contributed by atoms with E-state index >= 15 is 0 Å². The summed E-state index contributed by atoms with van der Waals surface area (Å²) in [6, 6.07) is 7.29. The molecular weight excluding hydrogens is 184 g/mol. The van der Waals surface area contributed by atoms with Gasteiger partial charge < -0.3 is 4.57 Å². The second-order valence-electron chi connectivity index (χ2n) is 2.72. The van der Waals surface area contributed by atoms with Crippen molar-refractivity contribution in [3.8, 4) is 6.07 Å². The van der Waals surface area contributed by atoms with Gasteiger partial charge in [-0.3, -0.25) is 4.79 Å². The average molecular weight is 190 g/mol. The molecule has 0 N–H and O–H groups in total. The minimum Gasteiger partial charge on any atom is -0.302 e. The summed E-state index contributed by atoms with van der Waals surface area (Å²) in [5.74, 6) is 0. The van der Waals surface area contributed by atoms with Crippen LogP contribution in [-0.2, 0) is 7.05 Å². The van der Waals surface area contributed by atoms with E-state index in [1.54, 1.807) is 29.8 Å². The standard InChI is InChI=1S/C9H6N2OS/c1-11-7-3-2-6(5-10)4-8(7)13-9(11)12/h2-4H,1H3. The van der Waals surface area contributed by atoms with E-state index in [0.29, 0.717) is 5.56 Å². The number of hydrogen-bond acceptors (Lipinski definition) is 3. The zero-order valence-electron chi connectivity index (χ0n) is 6.94. The monoisotopic (exact) mass is 190 g/mol. The van der Waals surface area contributed by atoms with Gasteiger partial charge in [-0.05, 0) is 18.2 Å². The van der Waals surface area contributed by atoms with Crippen LogP contribution >= 0.6 is 11.3 Å². The molecule has 3 nitrogen and oxygen atoms in total. The highest BCUT2D eigenvalue weighted by molar-refractivity contribution is 7.16. The molecule has 0 saturated heterocycles. The number of fused-ring (bicyclic) bond motifs is 1. The van der Waals surface area contributed by atoms with Gasteiger partial charge in [0.1, 0.15) is 0 Å². The minimum absolute atomic E-state index is 0.00471. The smallest absolute Gasteiger partial charge is 0.302 e. The number of nitriles is 1. The number of nitrogens with zero attached hydrogens (tertiary/aromatic N) is 2. The van der Waals surface area contributed by atoms with Crippen LogP contribution in [0.25, 0.3) is 10.2 Å². The first-order valence-corrected chi connectivity index (χ1v) is 4.53. The third-order valence-electron chi connectivity index (χ3n) is 1.92. The molecule has 1 aromatic heterocycles. The Bertz CT molecular complexity index is 559. The van der Waals surface area contributed by atoms with Gasteiger partial charge >= 0.3 is 4.87 Å². The Hall–Kier alpha value is -1.60. The molecule has 0 atom stereocenters. The quantitative estimate of drug-likeness (QED) is 0.631. The molecule has 0 aliphatic rings. The number of aromatic nitrogens is 1. The van der Waals surface area contributed by atoms with Crippen LogP contribution in [-0.4, -0.2) is 4.57 Å². The van der Waals surface area contributed by atoms with Gasteiger partial charge in [0.25, 0.3) is 0 Å². The molecule has 0 unspecified atom stereocenters. The van der Waals surface area contributed by atoms with Gasteiger partial charge in [-0.2, -0.15) is 5.26 Å². The maximum Gasteiger partial charge on any atom is 0.307 e. The first kappa shape index (κ1) is 8.02. The van der Waals surface area contributed by atoms with E-state index in [2.05, 4.69) is 0 Å². The lowest BCUT2D eigenvalue weighted by Crippen LogP contribution is -2.06. The van der Waals surface area contributed by atoms with Crippen molar-refractivity contribution >= 4 is 21.6 Å². The Morgan fingerprint density at radius 1 is 1.54 bits per heavy atom. The highest BCUT2D eigenvalue weighted by Crippen LogP contribution is 2.17. The van der Waals surface area contributed by atoms with Crippen LogP contribution in [0.2, 0.25) is 0 Å². The molecule has 0 fully saturated rings. The third kappa shape index (κ3) is 1.14. The van der Waals surface area contributed by atoms with E-state index in [-0.39, 0.29) is 4.87 Å². The molecule has 0 bridgehead atoms. The Morgan fingerprint density at radius 3 is 3.00 bits per heavy atom. The maximum atomic E-state index is 11.2. The van der Waals surface area contributed by atoms with Crippen molar-refractivity contribution in [2.45, 2.75) is 0 Å².